The maximum absolute atomic E-state index is 9.73. The van der Waals surface area contributed by atoms with Crippen LogP contribution in [0.1, 0.15) is 116 Å². The zero-order chi connectivity index (χ0) is 19.5. The number of unbranched alkanes of at least 4 members (excludes halogenated alkanes) is 13. The topological polar surface area (TPSA) is 40.5 Å². The summed E-state index contributed by atoms with van der Waals surface area (Å²) in [5.74, 6) is 0.552. The molecular formula is C24H44O2. The summed E-state index contributed by atoms with van der Waals surface area (Å²) < 4.78 is 0. The van der Waals surface area contributed by atoms with Crippen LogP contribution in [0, 0.1) is 0 Å². The van der Waals surface area contributed by atoms with Crippen molar-refractivity contribution >= 4 is 0 Å². The Morgan fingerprint density at radius 3 is 1.50 bits per heavy atom. The number of aryl methyl sites for hydroxylation is 1. The second-order valence-corrected chi connectivity index (χ2v) is 7.16. The van der Waals surface area contributed by atoms with Crippen LogP contribution in [0.15, 0.2) is 18.2 Å². The molecule has 0 saturated carbocycles. The van der Waals surface area contributed by atoms with Crippen molar-refractivity contribution in [2.75, 3.05) is 0 Å². The summed E-state index contributed by atoms with van der Waals surface area (Å²) in [4.78, 5) is 0. The average molecular weight is 365 g/mol. The number of hydrogen-bond donors (Lipinski definition) is 2. The van der Waals surface area contributed by atoms with Crippen LogP contribution in [0.3, 0.4) is 0 Å². The summed E-state index contributed by atoms with van der Waals surface area (Å²) in [6.07, 6.45) is 19.8. The van der Waals surface area contributed by atoms with E-state index in [-0.39, 0.29) is 5.75 Å². The SMILES string of the molecule is CC.CCCCCCCCCCCCCCCCc1cc(O)ccc1O. The fraction of sp³-hybridized carbons (Fsp3) is 0.750. The van der Waals surface area contributed by atoms with Crippen molar-refractivity contribution in [2.45, 2.75) is 117 Å². The Bertz CT molecular complexity index is 415. The van der Waals surface area contributed by atoms with Crippen molar-refractivity contribution in [3.05, 3.63) is 23.8 Å². The maximum atomic E-state index is 9.73. The molecule has 2 N–H and O–H groups in total. The molecule has 0 amide bonds. The van der Waals surface area contributed by atoms with Crippen LogP contribution in [0.5, 0.6) is 11.5 Å². The Hall–Kier alpha value is -1.18. The number of phenols is 2. The third-order valence-electron chi connectivity index (χ3n) is 4.86. The number of aromatic hydroxyl groups is 2. The van der Waals surface area contributed by atoms with E-state index in [9.17, 15) is 10.2 Å². The highest BCUT2D eigenvalue weighted by atomic mass is 16.3. The van der Waals surface area contributed by atoms with Gasteiger partial charge in [0.05, 0.1) is 0 Å². The van der Waals surface area contributed by atoms with Crippen LogP contribution >= 0.6 is 0 Å². The van der Waals surface area contributed by atoms with Gasteiger partial charge in [0.2, 0.25) is 0 Å². The zero-order valence-electron chi connectivity index (χ0n) is 17.7. The van der Waals surface area contributed by atoms with Gasteiger partial charge >= 0.3 is 0 Å². The van der Waals surface area contributed by atoms with Crippen LogP contribution in [-0.4, -0.2) is 10.2 Å². The molecule has 2 heteroatoms. The molecule has 0 aromatic heterocycles. The molecule has 1 aromatic rings. The van der Waals surface area contributed by atoms with Crippen LogP contribution in [0.4, 0.5) is 0 Å². The first-order chi connectivity index (χ1) is 12.7. The highest BCUT2D eigenvalue weighted by Crippen LogP contribution is 2.24. The Balaban J connectivity index is 0.00000301. The highest BCUT2D eigenvalue weighted by molar-refractivity contribution is 5.38. The van der Waals surface area contributed by atoms with Crippen molar-refractivity contribution in [3.63, 3.8) is 0 Å². The van der Waals surface area contributed by atoms with Gasteiger partial charge in [0.25, 0.3) is 0 Å². The predicted molar refractivity (Wildman–Crippen MR) is 115 cm³/mol. The smallest absolute Gasteiger partial charge is 0.119 e. The van der Waals surface area contributed by atoms with E-state index in [1.54, 1.807) is 12.1 Å². The van der Waals surface area contributed by atoms with Crippen molar-refractivity contribution in [3.8, 4) is 11.5 Å². The lowest BCUT2D eigenvalue weighted by Gasteiger charge is -2.06. The van der Waals surface area contributed by atoms with Crippen molar-refractivity contribution < 1.29 is 10.2 Å². The molecule has 0 aliphatic heterocycles. The summed E-state index contributed by atoms with van der Waals surface area (Å²) in [6, 6.07) is 4.79. The van der Waals surface area contributed by atoms with Crippen molar-refractivity contribution in [1.29, 1.82) is 0 Å². The molecule has 26 heavy (non-hydrogen) atoms. The van der Waals surface area contributed by atoms with E-state index in [4.69, 9.17) is 0 Å². The summed E-state index contributed by atoms with van der Waals surface area (Å²) in [7, 11) is 0. The lowest BCUT2D eigenvalue weighted by atomic mass is 10.0. The first-order valence-corrected chi connectivity index (χ1v) is 11.2. The normalized spacial score (nSPS) is 10.4. The molecule has 0 spiro atoms. The number of benzene rings is 1. The molecule has 1 aromatic carbocycles. The van der Waals surface area contributed by atoms with E-state index in [1.165, 1.54) is 89.5 Å². The van der Waals surface area contributed by atoms with Gasteiger partial charge < -0.3 is 10.2 Å². The monoisotopic (exact) mass is 364 g/mol. The average Bonchev–Trinajstić information content (AvgIpc) is 2.66. The fourth-order valence-corrected chi connectivity index (χ4v) is 3.28. The largest absolute Gasteiger partial charge is 0.508 e. The van der Waals surface area contributed by atoms with Gasteiger partial charge in [-0.2, -0.15) is 0 Å². The van der Waals surface area contributed by atoms with Crippen LogP contribution in [0.25, 0.3) is 0 Å². The molecule has 0 heterocycles. The predicted octanol–water partition coefficient (Wildman–Crippen LogP) is 8.15. The first-order valence-electron chi connectivity index (χ1n) is 11.2. The van der Waals surface area contributed by atoms with E-state index >= 15 is 0 Å². The molecule has 2 nitrogen and oxygen atoms in total. The Morgan fingerprint density at radius 2 is 1.04 bits per heavy atom. The number of rotatable bonds is 15. The van der Waals surface area contributed by atoms with Gasteiger partial charge in [-0.15, -0.1) is 0 Å². The molecule has 0 radical (unpaired) electrons. The lowest BCUT2D eigenvalue weighted by Crippen LogP contribution is -1.88. The molecule has 0 saturated heterocycles. The minimum Gasteiger partial charge on any atom is -0.508 e. The fourth-order valence-electron chi connectivity index (χ4n) is 3.28. The molecule has 0 aliphatic rings. The summed E-state index contributed by atoms with van der Waals surface area (Å²) in [5.41, 5.74) is 0.869. The van der Waals surface area contributed by atoms with Crippen molar-refractivity contribution in [2.24, 2.45) is 0 Å². The Kier molecular flexibility index (Phi) is 17.8. The van der Waals surface area contributed by atoms with Gasteiger partial charge in [0.1, 0.15) is 11.5 Å². The van der Waals surface area contributed by atoms with Gasteiger partial charge in [-0.1, -0.05) is 104 Å². The van der Waals surface area contributed by atoms with Gasteiger partial charge in [0, 0.05) is 0 Å². The lowest BCUT2D eigenvalue weighted by molar-refractivity contribution is 0.452. The van der Waals surface area contributed by atoms with Crippen LogP contribution in [-0.2, 0) is 6.42 Å². The second kappa shape index (κ2) is 18.6. The van der Waals surface area contributed by atoms with Gasteiger partial charge in [0.15, 0.2) is 0 Å². The highest BCUT2D eigenvalue weighted by Gasteiger charge is 2.02. The molecule has 0 unspecified atom stereocenters. The van der Waals surface area contributed by atoms with E-state index in [2.05, 4.69) is 6.92 Å². The number of hydrogen-bond acceptors (Lipinski definition) is 2. The summed E-state index contributed by atoms with van der Waals surface area (Å²) in [6.45, 7) is 6.27. The van der Waals surface area contributed by atoms with E-state index in [0.29, 0.717) is 5.75 Å². The molecule has 0 atom stereocenters. The molecular weight excluding hydrogens is 320 g/mol. The van der Waals surface area contributed by atoms with Gasteiger partial charge in [-0.25, -0.2) is 0 Å². The molecule has 0 aliphatic carbocycles. The Labute approximate surface area is 163 Å². The first kappa shape index (κ1) is 24.8. The van der Waals surface area contributed by atoms with Crippen LogP contribution in [0.2, 0.25) is 0 Å². The molecule has 0 fully saturated rings. The standard InChI is InChI=1S/C22H38O2.C2H6/c1-2-3-4-5-6-7-8-9-10-11-12-13-14-15-16-20-19-21(23)17-18-22(20)24;1-2/h17-19,23-24H,2-16H2,1H3;1-2H3. The molecule has 0 bridgehead atoms. The van der Waals surface area contributed by atoms with E-state index in [0.717, 1.165) is 18.4 Å². The zero-order valence-corrected chi connectivity index (χ0v) is 17.7. The van der Waals surface area contributed by atoms with Gasteiger partial charge in [-0.05, 0) is 36.6 Å². The quantitative estimate of drug-likeness (QED) is 0.243. The second-order valence-electron chi connectivity index (χ2n) is 7.16. The minimum atomic E-state index is 0.244. The summed E-state index contributed by atoms with van der Waals surface area (Å²) in [5, 5.41) is 19.2. The minimum absolute atomic E-state index is 0.244. The van der Waals surface area contributed by atoms with Crippen molar-refractivity contribution in [1.82, 2.24) is 0 Å². The number of phenolic OH excluding ortho intramolecular Hbond substituents is 2. The molecule has 152 valence electrons. The van der Waals surface area contributed by atoms with E-state index in [1.807, 2.05) is 13.8 Å². The third kappa shape index (κ3) is 14.0. The van der Waals surface area contributed by atoms with E-state index < -0.39 is 0 Å². The van der Waals surface area contributed by atoms with Gasteiger partial charge in [-0.3, -0.25) is 0 Å². The van der Waals surface area contributed by atoms with Crippen LogP contribution < -0.4 is 0 Å². The summed E-state index contributed by atoms with van der Waals surface area (Å²) >= 11 is 0. The maximum Gasteiger partial charge on any atom is 0.119 e. The third-order valence-corrected chi connectivity index (χ3v) is 4.86. The molecule has 1 rings (SSSR count). The Morgan fingerprint density at radius 1 is 0.615 bits per heavy atom.